The van der Waals surface area contributed by atoms with Crippen molar-refractivity contribution in [3.8, 4) is 11.5 Å². The SMILES string of the molecule is CCC1(O)c2cc(OC)c(OC)cc2CNC12CCCCC2. The van der Waals surface area contributed by atoms with Gasteiger partial charge in [-0.2, -0.15) is 0 Å². The van der Waals surface area contributed by atoms with Gasteiger partial charge < -0.3 is 19.9 Å². The Kier molecular flexibility index (Phi) is 4.08. The number of benzene rings is 1. The van der Waals surface area contributed by atoms with Crippen molar-refractivity contribution in [1.29, 1.82) is 0 Å². The Labute approximate surface area is 132 Å². The molecule has 2 aliphatic rings. The minimum atomic E-state index is -0.847. The van der Waals surface area contributed by atoms with Gasteiger partial charge in [-0.05, 0) is 42.5 Å². The zero-order chi connectivity index (χ0) is 15.8. The molecular formula is C18H27NO3. The predicted molar refractivity (Wildman–Crippen MR) is 86.4 cm³/mol. The Morgan fingerprint density at radius 3 is 2.32 bits per heavy atom. The van der Waals surface area contributed by atoms with Crippen LogP contribution in [-0.4, -0.2) is 24.9 Å². The molecule has 0 radical (unpaired) electrons. The van der Waals surface area contributed by atoms with E-state index in [2.05, 4.69) is 12.2 Å². The molecule has 1 aliphatic carbocycles. The fourth-order valence-electron chi connectivity index (χ4n) is 4.40. The number of hydrogen-bond donors (Lipinski definition) is 2. The minimum absolute atomic E-state index is 0.202. The number of fused-ring (bicyclic) bond motifs is 1. The maximum Gasteiger partial charge on any atom is 0.161 e. The molecular weight excluding hydrogens is 278 g/mol. The Balaban J connectivity index is 2.13. The summed E-state index contributed by atoms with van der Waals surface area (Å²) in [5.74, 6) is 1.42. The average Bonchev–Trinajstić information content (AvgIpc) is 2.58. The highest BCUT2D eigenvalue weighted by Crippen LogP contribution is 2.50. The molecule has 4 nitrogen and oxygen atoms in total. The van der Waals surface area contributed by atoms with E-state index in [4.69, 9.17) is 9.47 Å². The van der Waals surface area contributed by atoms with E-state index in [0.717, 1.165) is 36.3 Å². The monoisotopic (exact) mass is 305 g/mol. The number of rotatable bonds is 3. The molecule has 0 bridgehead atoms. The normalized spacial score (nSPS) is 26.5. The van der Waals surface area contributed by atoms with E-state index in [-0.39, 0.29) is 5.54 Å². The second-order valence-electron chi connectivity index (χ2n) is 6.57. The molecule has 1 unspecified atom stereocenters. The average molecular weight is 305 g/mol. The second kappa shape index (κ2) is 5.74. The van der Waals surface area contributed by atoms with Crippen molar-refractivity contribution in [1.82, 2.24) is 5.32 Å². The maximum absolute atomic E-state index is 11.6. The number of ether oxygens (including phenoxy) is 2. The van der Waals surface area contributed by atoms with Gasteiger partial charge in [0.25, 0.3) is 0 Å². The quantitative estimate of drug-likeness (QED) is 0.901. The highest BCUT2D eigenvalue weighted by atomic mass is 16.5. The van der Waals surface area contributed by atoms with Crippen LogP contribution in [0.1, 0.15) is 56.6 Å². The summed E-state index contributed by atoms with van der Waals surface area (Å²) in [5.41, 5.74) is 1.07. The van der Waals surface area contributed by atoms with Gasteiger partial charge >= 0.3 is 0 Å². The molecule has 3 rings (SSSR count). The summed E-state index contributed by atoms with van der Waals surface area (Å²) in [6.07, 6.45) is 6.39. The number of methoxy groups -OCH3 is 2. The van der Waals surface area contributed by atoms with Crippen LogP contribution in [0.4, 0.5) is 0 Å². The first-order valence-corrected chi connectivity index (χ1v) is 8.33. The summed E-state index contributed by atoms with van der Waals surface area (Å²) in [7, 11) is 3.29. The van der Waals surface area contributed by atoms with Gasteiger partial charge in [0.1, 0.15) is 5.60 Å². The minimum Gasteiger partial charge on any atom is -0.493 e. The lowest BCUT2D eigenvalue weighted by molar-refractivity contribution is -0.0887. The number of nitrogens with one attached hydrogen (secondary N) is 1. The molecule has 1 atom stereocenters. The zero-order valence-corrected chi connectivity index (χ0v) is 13.9. The van der Waals surface area contributed by atoms with Crippen LogP contribution in [0.2, 0.25) is 0 Å². The Morgan fingerprint density at radius 1 is 1.09 bits per heavy atom. The van der Waals surface area contributed by atoms with Gasteiger partial charge in [0.15, 0.2) is 11.5 Å². The Morgan fingerprint density at radius 2 is 1.73 bits per heavy atom. The molecule has 1 spiro atoms. The van der Waals surface area contributed by atoms with Crippen molar-refractivity contribution in [2.24, 2.45) is 0 Å². The van der Waals surface area contributed by atoms with E-state index < -0.39 is 5.60 Å². The standard InChI is InChI=1S/C18H27NO3/c1-4-18(20)14-11-16(22-3)15(21-2)10-13(14)12-19-17(18)8-6-5-7-9-17/h10-11,19-20H,4-9,12H2,1-3H3. The Bertz CT molecular complexity index is 552. The molecule has 1 aromatic carbocycles. The molecule has 0 amide bonds. The van der Waals surface area contributed by atoms with Gasteiger partial charge in [-0.15, -0.1) is 0 Å². The Hall–Kier alpha value is -1.26. The van der Waals surface area contributed by atoms with Crippen molar-refractivity contribution in [2.45, 2.75) is 63.1 Å². The van der Waals surface area contributed by atoms with Crippen molar-refractivity contribution < 1.29 is 14.6 Å². The van der Waals surface area contributed by atoms with Gasteiger partial charge in [-0.25, -0.2) is 0 Å². The summed E-state index contributed by atoms with van der Waals surface area (Å²) in [5, 5.41) is 15.3. The van der Waals surface area contributed by atoms with Gasteiger partial charge in [-0.1, -0.05) is 26.2 Å². The van der Waals surface area contributed by atoms with Crippen LogP contribution in [0.15, 0.2) is 12.1 Å². The topological polar surface area (TPSA) is 50.7 Å². The lowest BCUT2D eigenvalue weighted by atomic mass is 9.63. The fourth-order valence-corrected chi connectivity index (χ4v) is 4.40. The summed E-state index contributed by atoms with van der Waals surface area (Å²) >= 11 is 0. The van der Waals surface area contributed by atoms with E-state index in [1.165, 1.54) is 19.3 Å². The zero-order valence-electron chi connectivity index (χ0n) is 13.9. The number of hydrogen-bond acceptors (Lipinski definition) is 4. The van der Waals surface area contributed by atoms with Crippen molar-refractivity contribution >= 4 is 0 Å². The van der Waals surface area contributed by atoms with Crippen LogP contribution < -0.4 is 14.8 Å². The van der Waals surface area contributed by atoms with Gasteiger partial charge in [0, 0.05) is 6.54 Å². The van der Waals surface area contributed by atoms with E-state index in [1.54, 1.807) is 14.2 Å². The van der Waals surface area contributed by atoms with Gasteiger partial charge in [-0.3, -0.25) is 0 Å². The highest BCUT2D eigenvalue weighted by Gasteiger charge is 2.53. The van der Waals surface area contributed by atoms with E-state index >= 15 is 0 Å². The summed E-state index contributed by atoms with van der Waals surface area (Å²) in [6, 6.07) is 3.98. The molecule has 0 aromatic heterocycles. The number of aliphatic hydroxyl groups is 1. The summed E-state index contributed by atoms with van der Waals surface area (Å²) < 4.78 is 10.9. The van der Waals surface area contributed by atoms with Crippen LogP contribution >= 0.6 is 0 Å². The fraction of sp³-hybridized carbons (Fsp3) is 0.667. The van der Waals surface area contributed by atoms with E-state index in [0.29, 0.717) is 12.2 Å². The highest BCUT2D eigenvalue weighted by molar-refractivity contribution is 5.51. The van der Waals surface area contributed by atoms with Crippen LogP contribution in [0.3, 0.4) is 0 Å². The van der Waals surface area contributed by atoms with Crippen molar-refractivity contribution in [3.05, 3.63) is 23.3 Å². The van der Waals surface area contributed by atoms with E-state index in [1.807, 2.05) is 12.1 Å². The molecule has 1 aliphatic heterocycles. The predicted octanol–water partition coefficient (Wildman–Crippen LogP) is 3.11. The third-order valence-electron chi connectivity index (χ3n) is 5.68. The second-order valence-corrected chi connectivity index (χ2v) is 6.57. The maximum atomic E-state index is 11.6. The van der Waals surface area contributed by atoms with Crippen LogP contribution in [0.25, 0.3) is 0 Å². The summed E-state index contributed by atoms with van der Waals surface area (Å²) in [6.45, 7) is 2.85. The first kappa shape index (κ1) is 15.6. The summed E-state index contributed by atoms with van der Waals surface area (Å²) in [4.78, 5) is 0. The third kappa shape index (κ3) is 2.12. The van der Waals surface area contributed by atoms with Crippen molar-refractivity contribution in [3.63, 3.8) is 0 Å². The molecule has 0 saturated heterocycles. The first-order chi connectivity index (χ1) is 10.6. The third-order valence-corrected chi connectivity index (χ3v) is 5.68. The van der Waals surface area contributed by atoms with E-state index in [9.17, 15) is 5.11 Å². The lowest BCUT2D eigenvalue weighted by Crippen LogP contribution is -2.64. The molecule has 122 valence electrons. The van der Waals surface area contributed by atoms with Gasteiger partial charge in [0.2, 0.25) is 0 Å². The molecule has 1 saturated carbocycles. The van der Waals surface area contributed by atoms with Crippen LogP contribution in [0, 0.1) is 0 Å². The molecule has 1 heterocycles. The molecule has 22 heavy (non-hydrogen) atoms. The molecule has 1 fully saturated rings. The first-order valence-electron chi connectivity index (χ1n) is 8.33. The molecule has 1 aromatic rings. The van der Waals surface area contributed by atoms with Crippen LogP contribution in [-0.2, 0) is 12.1 Å². The van der Waals surface area contributed by atoms with Crippen LogP contribution in [0.5, 0.6) is 11.5 Å². The molecule has 4 heteroatoms. The van der Waals surface area contributed by atoms with Gasteiger partial charge in [0.05, 0.1) is 19.8 Å². The van der Waals surface area contributed by atoms with Crippen molar-refractivity contribution in [2.75, 3.05) is 14.2 Å². The molecule has 2 N–H and O–H groups in total. The lowest BCUT2D eigenvalue weighted by Gasteiger charge is -2.54. The smallest absolute Gasteiger partial charge is 0.161 e. The largest absolute Gasteiger partial charge is 0.493 e.